The summed E-state index contributed by atoms with van der Waals surface area (Å²) in [5.41, 5.74) is 0.606. The fraction of sp³-hybridized carbons (Fsp3) is 0.312. The van der Waals surface area contributed by atoms with Gasteiger partial charge in [-0.25, -0.2) is 4.79 Å². The smallest absolute Gasteiger partial charge is 0.343 e. The third-order valence-corrected chi connectivity index (χ3v) is 4.14. The molecule has 1 saturated heterocycles. The van der Waals surface area contributed by atoms with Crippen molar-refractivity contribution >= 4 is 29.3 Å². The zero-order chi connectivity index (χ0) is 17.3. The van der Waals surface area contributed by atoms with Gasteiger partial charge in [0.25, 0.3) is 0 Å². The number of aromatic carboxylic acids is 1. The molecule has 0 spiro atoms. The van der Waals surface area contributed by atoms with Crippen LogP contribution in [0.4, 0.5) is 5.82 Å². The molecule has 1 aliphatic heterocycles. The third kappa shape index (κ3) is 3.21. The highest BCUT2D eigenvalue weighted by molar-refractivity contribution is 6.30. The SMILES string of the molecule is CC(=O)N[C@H]1CCN(c2noc(-c3ccc(Cl)cc3)c2C(=O)O)C1. The van der Waals surface area contributed by atoms with Gasteiger partial charge in [-0.2, -0.15) is 0 Å². The summed E-state index contributed by atoms with van der Waals surface area (Å²) in [4.78, 5) is 24.7. The maximum Gasteiger partial charge on any atom is 0.343 e. The van der Waals surface area contributed by atoms with E-state index in [1.165, 1.54) is 6.92 Å². The van der Waals surface area contributed by atoms with Crippen molar-refractivity contribution in [1.29, 1.82) is 0 Å². The van der Waals surface area contributed by atoms with E-state index < -0.39 is 5.97 Å². The van der Waals surface area contributed by atoms with Crippen LogP contribution in [-0.4, -0.2) is 41.3 Å². The first kappa shape index (κ1) is 16.3. The third-order valence-electron chi connectivity index (χ3n) is 3.89. The fourth-order valence-electron chi connectivity index (χ4n) is 2.85. The van der Waals surface area contributed by atoms with Crippen molar-refractivity contribution in [2.24, 2.45) is 0 Å². The molecule has 1 amide bonds. The number of nitrogens with zero attached hydrogens (tertiary/aromatic N) is 2. The summed E-state index contributed by atoms with van der Waals surface area (Å²) >= 11 is 5.86. The Kier molecular flexibility index (Phi) is 4.44. The van der Waals surface area contributed by atoms with E-state index >= 15 is 0 Å². The van der Waals surface area contributed by atoms with Crippen molar-refractivity contribution in [3.05, 3.63) is 34.9 Å². The monoisotopic (exact) mass is 349 g/mol. The lowest BCUT2D eigenvalue weighted by Gasteiger charge is -2.16. The van der Waals surface area contributed by atoms with Crippen molar-refractivity contribution in [2.45, 2.75) is 19.4 Å². The van der Waals surface area contributed by atoms with E-state index in [0.717, 1.165) is 6.42 Å². The number of amides is 1. The van der Waals surface area contributed by atoms with E-state index in [1.807, 2.05) is 4.90 Å². The number of hydrogen-bond acceptors (Lipinski definition) is 5. The zero-order valence-corrected chi connectivity index (χ0v) is 13.7. The molecule has 1 aromatic carbocycles. The lowest BCUT2D eigenvalue weighted by atomic mass is 10.1. The highest BCUT2D eigenvalue weighted by Crippen LogP contribution is 2.33. The zero-order valence-electron chi connectivity index (χ0n) is 13.0. The molecule has 1 aromatic heterocycles. The van der Waals surface area contributed by atoms with Gasteiger partial charge in [-0.15, -0.1) is 0 Å². The first-order valence-corrected chi connectivity index (χ1v) is 7.84. The Labute approximate surface area is 143 Å². The lowest BCUT2D eigenvalue weighted by Crippen LogP contribution is -2.35. The molecule has 1 aliphatic rings. The van der Waals surface area contributed by atoms with Crippen molar-refractivity contribution in [2.75, 3.05) is 18.0 Å². The average Bonchev–Trinajstić information content (AvgIpc) is 3.13. The van der Waals surface area contributed by atoms with Crippen LogP contribution >= 0.6 is 11.6 Å². The van der Waals surface area contributed by atoms with Crippen LogP contribution in [0.2, 0.25) is 5.02 Å². The summed E-state index contributed by atoms with van der Waals surface area (Å²) in [6.07, 6.45) is 0.724. The normalized spacial score (nSPS) is 17.1. The van der Waals surface area contributed by atoms with Crippen LogP contribution in [0.25, 0.3) is 11.3 Å². The molecule has 2 N–H and O–H groups in total. The minimum absolute atomic E-state index is 0.0146. The molecular formula is C16H16ClN3O4. The number of hydrogen-bond donors (Lipinski definition) is 2. The summed E-state index contributed by atoms with van der Waals surface area (Å²) < 4.78 is 5.31. The standard InChI is InChI=1S/C16H16ClN3O4/c1-9(21)18-12-6-7-20(8-12)15-13(16(22)23)14(24-19-15)10-2-4-11(17)5-3-10/h2-5,12H,6-8H2,1H3,(H,18,21)(H,22,23)/t12-/m0/s1. The molecule has 0 radical (unpaired) electrons. The maximum atomic E-state index is 11.7. The molecule has 2 heterocycles. The molecule has 126 valence electrons. The maximum absolute atomic E-state index is 11.7. The molecule has 2 aromatic rings. The van der Waals surface area contributed by atoms with Crippen LogP contribution in [-0.2, 0) is 4.79 Å². The van der Waals surface area contributed by atoms with Crippen molar-refractivity contribution < 1.29 is 19.2 Å². The summed E-state index contributed by atoms with van der Waals surface area (Å²) in [7, 11) is 0. The Bertz CT molecular complexity index is 772. The van der Waals surface area contributed by atoms with Gasteiger partial charge in [0.05, 0.1) is 0 Å². The predicted octanol–water partition coefficient (Wildman–Crippen LogP) is 2.41. The van der Waals surface area contributed by atoms with Gasteiger partial charge in [0.15, 0.2) is 17.1 Å². The first-order chi connectivity index (χ1) is 11.5. The summed E-state index contributed by atoms with van der Waals surface area (Å²) in [5, 5.41) is 16.9. The molecule has 0 aliphatic carbocycles. The topological polar surface area (TPSA) is 95.7 Å². The van der Waals surface area contributed by atoms with Gasteiger partial charge in [-0.05, 0) is 30.7 Å². The van der Waals surface area contributed by atoms with Gasteiger partial charge >= 0.3 is 5.97 Å². The van der Waals surface area contributed by atoms with Crippen LogP contribution < -0.4 is 10.2 Å². The second-order valence-electron chi connectivity index (χ2n) is 5.65. The number of aromatic nitrogens is 1. The van der Waals surface area contributed by atoms with Crippen LogP contribution in [0.15, 0.2) is 28.8 Å². The van der Waals surface area contributed by atoms with Crippen molar-refractivity contribution in [3.63, 3.8) is 0 Å². The van der Waals surface area contributed by atoms with Crippen LogP contribution in [0.3, 0.4) is 0 Å². The van der Waals surface area contributed by atoms with E-state index in [4.69, 9.17) is 16.1 Å². The molecule has 0 bridgehead atoms. The number of carboxylic acids is 1. The van der Waals surface area contributed by atoms with Gasteiger partial charge in [0.1, 0.15) is 0 Å². The Balaban J connectivity index is 1.91. The van der Waals surface area contributed by atoms with Crippen LogP contribution in [0.1, 0.15) is 23.7 Å². The molecule has 8 heteroatoms. The number of halogens is 1. The second kappa shape index (κ2) is 6.52. The second-order valence-corrected chi connectivity index (χ2v) is 6.09. The fourth-order valence-corrected chi connectivity index (χ4v) is 2.97. The molecule has 0 saturated carbocycles. The number of benzene rings is 1. The summed E-state index contributed by atoms with van der Waals surface area (Å²) in [6.45, 7) is 2.55. The molecule has 1 fully saturated rings. The largest absolute Gasteiger partial charge is 0.477 e. The number of nitrogens with one attached hydrogen (secondary N) is 1. The van der Waals surface area contributed by atoms with Gasteiger partial charge in [0.2, 0.25) is 5.91 Å². The summed E-state index contributed by atoms with van der Waals surface area (Å²) in [5.74, 6) is -0.751. The van der Waals surface area contributed by atoms with Crippen molar-refractivity contribution in [3.8, 4) is 11.3 Å². The molecule has 0 unspecified atom stereocenters. The quantitative estimate of drug-likeness (QED) is 0.880. The highest BCUT2D eigenvalue weighted by atomic mass is 35.5. The number of carboxylic acid groups (broad SMARTS) is 1. The van der Waals surface area contributed by atoms with Gasteiger partial charge in [-0.1, -0.05) is 16.8 Å². The van der Waals surface area contributed by atoms with Gasteiger partial charge in [-0.3, -0.25) is 4.79 Å². The Morgan fingerprint density at radius 3 is 2.71 bits per heavy atom. The first-order valence-electron chi connectivity index (χ1n) is 7.46. The van der Waals surface area contributed by atoms with E-state index in [2.05, 4.69) is 10.5 Å². The highest BCUT2D eigenvalue weighted by Gasteiger charge is 2.32. The molecular weight excluding hydrogens is 334 g/mol. The Morgan fingerprint density at radius 1 is 1.38 bits per heavy atom. The van der Waals surface area contributed by atoms with E-state index in [9.17, 15) is 14.7 Å². The van der Waals surface area contributed by atoms with E-state index in [-0.39, 0.29) is 29.1 Å². The number of carbonyl (C=O) groups is 2. The van der Waals surface area contributed by atoms with E-state index in [0.29, 0.717) is 23.7 Å². The Morgan fingerprint density at radius 2 is 2.08 bits per heavy atom. The molecule has 7 nitrogen and oxygen atoms in total. The lowest BCUT2D eigenvalue weighted by molar-refractivity contribution is -0.119. The Hall–Kier alpha value is -2.54. The average molecular weight is 350 g/mol. The van der Waals surface area contributed by atoms with Crippen molar-refractivity contribution in [1.82, 2.24) is 10.5 Å². The number of carbonyl (C=O) groups excluding carboxylic acids is 1. The summed E-state index contributed by atoms with van der Waals surface area (Å²) in [6, 6.07) is 6.66. The molecule has 1 atom stereocenters. The van der Waals surface area contributed by atoms with Gasteiger partial charge in [0, 0.05) is 36.6 Å². The predicted molar refractivity (Wildman–Crippen MR) is 88.3 cm³/mol. The molecule has 3 rings (SSSR count). The van der Waals surface area contributed by atoms with Crippen LogP contribution in [0, 0.1) is 0 Å². The minimum atomic E-state index is -1.11. The molecule has 24 heavy (non-hydrogen) atoms. The van der Waals surface area contributed by atoms with Gasteiger partial charge < -0.3 is 19.8 Å². The number of rotatable bonds is 4. The van der Waals surface area contributed by atoms with Crippen LogP contribution in [0.5, 0.6) is 0 Å². The number of anilines is 1. The van der Waals surface area contributed by atoms with E-state index in [1.54, 1.807) is 24.3 Å². The minimum Gasteiger partial charge on any atom is -0.477 e.